The van der Waals surface area contributed by atoms with Crippen LogP contribution >= 0.6 is 0 Å². The predicted octanol–water partition coefficient (Wildman–Crippen LogP) is 15.3. The highest BCUT2D eigenvalue weighted by molar-refractivity contribution is 6.47. The van der Waals surface area contributed by atoms with Gasteiger partial charge in [-0.1, -0.05) is 206 Å². The Balaban J connectivity index is 1.05. The number of benzene rings is 12. The molecule has 0 aliphatic heterocycles. The van der Waals surface area contributed by atoms with Gasteiger partial charge in [-0.2, -0.15) is 0 Å². The quantitative estimate of drug-likeness (QED) is 0.0951. The first kappa shape index (κ1) is 41.2. The molecule has 4 radical (unpaired) electrons. The Morgan fingerprint density at radius 1 is 0.343 bits per heavy atom. The standard InChI is InChI=1S/C64H39B2NO3/c65-58-57(56-51-28-14-11-25-48(51)47-24-10-13-27-50(47)55(56)40-19-5-2-6-20-40)61(68)59(66)60(62(58)69)67(54-37-41-21-7-8-22-43(41)46-23-9-12-26-49(46)54)42-35-33-39(34-36-42)45-30-16-32-53-52-31-15-29-44(63(52)70-64(45)53)38-17-3-1-4-18-38/h1-37,68-69H. The summed E-state index contributed by atoms with van der Waals surface area (Å²) in [4.78, 5) is 1.92. The van der Waals surface area contributed by atoms with E-state index in [-0.39, 0.29) is 33.7 Å². The van der Waals surface area contributed by atoms with Crippen LogP contribution in [0.5, 0.6) is 11.5 Å². The molecule has 2 N–H and O–H groups in total. The Bertz CT molecular complexity index is 4190. The number of anilines is 3. The molecule has 0 unspecified atom stereocenters. The number of fused-ring (bicyclic) bond motifs is 9. The molecule has 0 atom stereocenters. The van der Waals surface area contributed by atoms with Gasteiger partial charge in [0.2, 0.25) is 0 Å². The SMILES string of the molecule is [B]c1c(O)c(N(c2ccc(-c3cccc4c3oc3c(-c5ccccc5)cccc34)cc2)c2cc3ccccc3c3ccccc23)c([B])c(O)c1-c1c(-c2ccccc2)c2ccccc2c2ccccc12. The highest BCUT2D eigenvalue weighted by Crippen LogP contribution is 2.50. The smallest absolute Gasteiger partial charge is 0.143 e. The van der Waals surface area contributed by atoms with Crippen molar-refractivity contribution in [1.29, 1.82) is 0 Å². The zero-order valence-electron chi connectivity index (χ0n) is 37.8. The number of hydrogen-bond acceptors (Lipinski definition) is 4. The van der Waals surface area contributed by atoms with E-state index < -0.39 is 0 Å². The fourth-order valence-corrected chi connectivity index (χ4v) is 10.8. The maximum absolute atomic E-state index is 12.9. The van der Waals surface area contributed by atoms with Crippen molar-refractivity contribution < 1.29 is 14.6 Å². The van der Waals surface area contributed by atoms with Gasteiger partial charge in [0, 0.05) is 44.1 Å². The van der Waals surface area contributed by atoms with Gasteiger partial charge < -0.3 is 19.5 Å². The Kier molecular flexibility index (Phi) is 9.63. The summed E-state index contributed by atoms with van der Waals surface area (Å²) in [5.41, 5.74) is 9.89. The summed E-state index contributed by atoms with van der Waals surface area (Å²) in [6, 6.07) is 76.0. The van der Waals surface area contributed by atoms with Crippen molar-refractivity contribution in [1.82, 2.24) is 0 Å². The molecule has 13 rings (SSSR count). The molecule has 0 bridgehead atoms. The maximum Gasteiger partial charge on any atom is 0.143 e. The molecule has 0 spiro atoms. The van der Waals surface area contributed by atoms with E-state index in [1.54, 1.807) is 0 Å². The van der Waals surface area contributed by atoms with Crippen LogP contribution in [0.2, 0.25) is 0 Å². The minimum absolute atomic E-state index is 0.00235. The molecule has 0 saturated heterocycles. The van der Waals surface area contributed by atoms with Crippen molar-refractivity contribution >= 4 is 109 Å². The molecule has 1 heterocycles. The molecule has 0 saturated carbocycles. The second kappa shape index (κ2) is 16.4. The van der Waals surface area contributed by atoms with Gasteiger partial charge in [0.1, 0.15) is 38.4 Å². The molecule has 12 aromatic carbocycles. The zero-order chi connectivity index (χ0) is 47.0. The van der Waals surface area contributed by atoms with Crippen LogP contribution in [0.25, 0.3) is 110 Å². The lowest BCUT2D eigenvalue weighted by Gasteiger charge is -2.32. The number of hydrogen-bond donors (Lipinski definition) is 2. The van der Waals surface area contributed by atoms with Crippen molar-refractivity contribution in [3.8, 4) is 56.0 Å². The molecule has 4 nitrogen and oxygen atoms in total. The number of para-hydroxylation sites is 2. The van der Waals surface area contributed by atoms with Crippen LogP contribution in [0.15, 0.2) is 229 Å². The Labute approximate surface area is 406 Å². The van der Waals surface area contributed by atoms with Crippen LogP contribution in [-0.2, 0) is 0 Å². The van der Waals surface area contributed by atoms with Gasteiger partial charge in [0.25, 0.3) is 0 Å². The summed E-state index contributed by atoms with van der Waals surface area (Å²) in [6.45, 7) is 0. The van der Waals surface area contributed by atoms with Crippen LogP contribution < -0.4 is 15.8 Å². The second-order valence-electron chi connectivity index (χ2n) is 17.8. The van der Waals surface area contributed by atoms with Gasteiger partial charge in [0.05, 0.1) is 11.4 Å². The van der Waals surface area contributed by atoms with Gasteiger partial charge in [-0.3, -0.25) is 0 Å². The van der Waals surface area contributed by atoms with Crippen molar-refractivity contribution in [2.75, 3.05) is 4.90 Å². The van der Waals surface area contributed by atoms with E-state index in [2.05, 4.69) is 121 Å². The lowest BCUT2D eigenvalue weighted by Crippen LogP contribution is -2.25. The molecule has 0 aliphatic carbocycles. The van der Waals surface area contributed by atoms with Gasteiger partial charge in [-0.25, -0.2) is 0 Å². The van der Waals surface area contributed by atoms with Crippen LogP contribution in [0.1, 0.15) is 0 Å². The fourth-order valence-electron chi connectivity index (χ4n) is 10.8. The summed E-state index contributed by atoms with van der Waals surface area (Å²) < 4.78 is 6.82. The highest BCUT2D eigenvalue weighted by Gasteiger charge is 2.30. The first-order valence-corrected chi connectivity index (χ1v) is 23.4. The number of aromatic hydroxyl groups is 2. The largest absolute Gasteiger partial charge is 0.508 e. The average molecular weight is 892 g/mol. The Morgan fingerprint density at radius 2 is 0.800 bits per heavy atom. The number of furan rings is 1. The number of phenols is 2. The van der Waals surface area contributed by atoms with Crippen molar-refractivity contribution in [3.63, 3.8) is 0 Å². The summed E-state index contributed by atoms with van der Waals surface area (Å²) in [5.74, 6) is -0.495. The summed E-state index contributed by atoms with van der Waals surface area (Å²) >= 11 is 0. The molecule has 0 amide bonds. The Hall–Kier alpha value is -8.99. The zero-order valence-corrected chi connectivity index (χ0v) is 37.8. The average Bonchev–Trinajstić information content (AvgIpc) is 3.81. The molecule has 13 aromatic rings. The minimum atomic E-state index is -0.260. The summed E-state index contributed by atoms with van der Waals surface area (Å²) in [5, 5.41) is 35.7. The minimum Gasteiger partial charge on any atom is -0.508 e. The van der Waals surface area contributed by atoms with Gasteiger partial charge in [-0.05, 0) is 89.1 Å². The monoisotopic (exact) mass is 891 g/mol. The normalized spacial score (nSPS) is 11.7. The molecule has 0 aliphatic rings. The number of rotatable bonds is 7. The molecule has 6 heteroatoms. The maximum atomic E-state index is 12.9. The van der Waals surface area contributed by atoms with E-state index in [0.29, 0.717) is 11.3 Å². The van der Waals surface area contributed by atoms with Crippen LogP contribution in [0.4, 0.5) is 17.1 Å². The lowest BCUT2D eigenvalue weighted by molar-refractivity contribution is 0.470. The summed E-state index contributed by atoms with van der Waals surface area (Å²) in [7, 11) is 14.6. The number of phenolic OH excluding ortho intramolecular Hbond substituents is 2. The Morgan fingerprint density at radius 3 is 1.40 bits per heavy atom. The molecule has 70 heavy (non-hydrogen) atoms. The van der Waals surface area contributed by atoms with Crippen LogP contribution in [0.3, 0.4) is 0 Å². The van der Waals surface area contributed by atoms with Gasteiger partial charge >= 0.3 is 0 Å². The van der Waals surface area contributed by atoms with Gasteiger partial charge in [-0.15, -0.1) is 0 Å². The van der Waals surface area contributed by atoms with E-state index in [4.69, 9.17) is 20.1 Å². The fraction of sp³-hybridized carbons (Fsp3) is 0. The first-order valence-electron chi connectivity index (χ1n) is 23.4. The van der Waals surface area contributed by atoms with E-state index in [1.807, 2.05) is 108 Å². The number of nitrogens with zero attached hydrogens (tertiary/aromatic N) is 1. The third kappa shape index (κ3) is 6.34. The van der Waals surface area contributed by atoms with Crippen molar-refractivity contribution in [2.45, 2.75) is 0 Å². The second-order valence-corrected chi connectivity index (χ2v) is 17.8. The van der Waals surface area contributed by atoms with E-state index in [9.17, 15) is 10.2 Å². The predicted molar refractivity (Wildman–Crippen MR) is 294 cm³/mol. The van der Waals surface area contributed by atoms with E-state index >= 15 is 0 Å². The van der Waals surface area contributed by atoms with Crippen LogP contribution in [-0.4, -0.2) is 25.9 Å². The molecule has 1 aromatic heterocycles. The molecule has 324 valence electrons. The third-order valence-corrected chi connectivity index (χ3v) is 14.0. The van der Waals surface area contributed by atoms with Gasteiger partial charge in [0.15, 0.2) is 0 Å². The van der Waals surface area contributed by atoms with E-state index in [1.165, 1.54) is 0 Å². The molecule has 0 fully saturated rings. The summed E-state index contributed by atoms with van der Waals surface area (Å²) in [6.07, 6.45) is 0. The van der Waals surface area contributed by atoms with Crippen LogP contribution in [0, 0.1) is 0 Å². The molecular weight excluding hydrogens is 852 g/mol. The topological polar surface area (TPSA) is 56.8 Å². The van der Waals surface area contributed by atoms with Crippen molar-refractivity contribution in [2.24, 2.45) is 0 Å². The lowest BCUT2D eigenvalue weighted by atomic mass is 9.75. The first-order chi connectivity index (χ1) is 34.4. The molecular formula is C64H39B2NO3. The third-order valence-electron chi connectivity index (χ3n) is 14.0. The highest BCUT2D eigenvalue weighted by atomic mass is 16.3. The van der Waals surface area contributed by atoms with E-state index in [0.717, 1.165) is 104 Å². The van der Waals surface area contributed by atoms with Crippen molar-refractivity contribution in [3.05, 3.63) is 224 Å².